The zero-order valence-corrected chi connectivity index (χ0v) is 14.0. The first kappa shape index (κ1) is 17.5. The number of alkyl halides is 3. The van der Waals surface area contributed by atoms with Gasteiger partial charge in [-0.2, -0.15) is 13.2 Å². The van der Waals surface area contributed by atoms with Gasteiger partial charge in [-0.15, -0.1) is 0 Å². The lowest BCUT2D eigenvalue weighted by Crippen LogP contribution is -2.77. The summed E-state index contributed by atoms with van der Waals surface area (Å²) < 4.78 is 43.3. The van der Waals surface area contributed by atoms with Crippen LogP contribution in [0.5, 0.6) is 0 Å². The molecule has 3 rings (SSSR count). The van der Waals surface area contributed by atoms with Crippen molar-refractivity contribution in [3.63, 3.8) is 0 Å². The van der Waals surface area contributed by atoms with E-state index in [1.165, 1.54) is 4.90 Å². The van der Waals surface area contributed by atoms with E-state index in [0.717, 1.165) is 6.42 Å². The third kappa shape index (κ3) is 2.68. The van der Waals surface area contributed by atoms with E-state index in [2.05, 4.69) is 0 Å². The quantitative estimate of drug-likeness (QED) is 0.773. The molecular formula is C16H23F3N2O3. The van der Waals surface area contributed by atoms with Crippen LogP contribution in [-0.2, 0) is 14.3 Å². The summed E-state index contributed by atoms with van der Waals surface area (Å²) in [4.78, 5) is 25.6. The van der Waals surface area contributed by atoms with Crippen LogP contribution in [0.25, 0.3) is 0 Å². The molecule has 2 bridgehead atoms. The van der Waals surface area contributed by atoms with Crippen molar-refractivity contribution in [1.29, 1.82) is 0 Å². The van der Waals surface area contributed by atoms with Crippen molar-refractivity contribution in [2.24, 2.45) is 23.0 Å². The van der Waals surface area contributed by atoms with Crippen molar-refractivity contribution in [3.05, 3.63) is 0 Å². The Hall–Kier alpha value is -1.31. The Bertz CT molecular complexity index is 572. The van der Waals surface area contributed by atoms with Gasteiger partial charge in [0, 0.05) is 12.5 Å². The molecule has 1 saturated heterocycles. The van der Waals surface area contributed by atoms with Crippen LogP contribution in [0.3, 0.4) is 0 Å². The van der Waals surface area contributed by atoms with Crippen molar-refractivity contribution in [3.8, 4) is 0 Å². The summed E-state index contributed by atoms with van der Waals surface area (Å²) in [7, 11) is 0. The fourth-order valence-corrected chi connectivity index (χ4v) is 4.44. The molecule has 3 aliphatic rings. The Morgan fingerprint density at radius 2 is 1.92 bits per heavy atom. The lowest BCUT2D eigenvalue weighted by Gasteiger charge is -2.58. The number of halogens is 3. The Morgan fingerprint density at radius 3 is 2.46 bits per heavy atom. The second kappa shape index (κ2) is 5.09. The minimum absolute atomic E-state index is 0.0757. The van der Waals surface area contributed by atoms with Crippen molar-refractivity contribution in [2.75, 3.05) is 6.54 Å². The SMILES string of the molecule is CC(C)(C)C(=O)O[C@@H]1C2[C@H]3CC(CN2C(=O)CC(F)(F)F)CC31N. The standard InChI is InChI=1S/C16H23F3N2O3/c1-14(2,3)13(23)24-12-11-9-4-8(5-15(9,12)20)7-21(11)10(22)6-16(17,18)19/h8-9,11-12H,4-7,20H2,1-3H3/t8?,9-,11?,12-,15?/m1/s1. The van der Waals surface area contributed by atoms with Crippen LogP contribution in [0, 0.1) is 17.3 Å². The van der Waals surface area contributed by atoms with E-state index in [1.807, 2.05) is 0 Å². The van der Waals surface area contributed by atoms with Gasteiger partial charge in [0.05, 0.1) is 17.0 Å². The Kier molecular flexibility index (Phi) is 3.72. The Labute approximate surface area is 138 Å². The van der Waals surface area contributed by atoms with E-state index in [4.69, 9.17) is 10.5 Å². The maximum atomic E-state index is 12.6. The number of nitrogens with two attached hydrogens (primary N) is 1. The molecular weight excluding hydrogens is 325 g/mol. The highest BCUT2D eigenvalue weighted by atomic mass is 19.4. The predicted octanol–water partition coefficient (Wildman–Crippen LogP) is 1.84. The minimum atomic E-state index is -4.55. The summed E-state index contributed by atoms with van der Waals surface area (Å²) in [5, 5.41) is 0. The molecule has 136 valence electrons. The molecule has 5 nitrogen and oxygen atoms in total. The van der Waals surface area contributed by atoms with Crippen LogP contribution in [0.4, 0.5) is 13.2 Å². The van der Waals surface area contributed by atoms with Crippen LogP contribution < -0.4 is 5.73 Å². The monoisotopic (exact) mass is 348 g/mol. The number of fused-ring (bicyclic) bond motifs is 1. The second-order valence-electron chi connectivity index (χ2n) is 8.43. The Morgan fingerprint density at radius 1 is 1.29 bits per heavy atom. The zero-order valence-electron chi connectivity index (χ0n) is 14.0. The van der Waals surface area contributed by atoms with Gasteiger partial charge in [-0.05, 0) is 39.5 Å². The predicted molar refractivity (Wildman–Crippen MR) is 78.6 cm³/mol. The molecule has 24 heavy (non-hydrogen) atoms. The van der Waals surface area contributed by atoms with Gasteiger partial charge in [-0.25, -0.2) is 0 Å². The average molecular weight is 348 g/mol. The Balaban J connectivity index is 1.81. The molecule has 0 aromatic carbocycles. The fraction of sp³-hybridized carbons (Fsp3) is 0.875. The number of nitrogens with zero attached hydrogens (tertiary/aromatic N) is 1. The highest BCUT2D eigenvalue weighted by Gasteiger charge is 2.71. The molecule has 3 unspecified atom stereocenters. The first-order valence-corrected chi connectivity index (χ1v) is 8.19. The van der Waals surface area contributed by atoms with Gasteiger partial charge >= 0.3 is 12.1 Å². The van der Waals surface area contributed by atoms with Crippen LogP contribution in [0.1, 0.15) is 40.0 Å². The molecule has 8 heteroatoms. The number of ether oxygens (including phenoxy) is 1. The highest BCUT2D eigenvalue weighted by Crippen LogP contribution is 2.58. The summed E-state index contributed by atoms with van der Waals surface area (Å²) in [5.41, 5.74) is 4.96. The van der Waals surface area contributed by atoms with Gasteiger partial charge in [-0.1, -0.05) is 0 Å². The molecule has 0 radical (unpaired) electrons. The molecule has 1 amide bonds. The summed E-state index contributed by atoms with van der Waals surface area (Å²) in [6.45, 7) is 5.37. The van der Waals surface area contributed by atoms with Crippen molar-refractivity contribution < 1.29 is 27.5 Å². The van der Waals surface area contributed by atoms with Crippen LogP contribution in [0.2, 0.25) is 0 Å². The normalized spacial score (nSPS) is 37.9. The number of amides is 1. The number of hydrogen-bond acceptors (Lipinski definition) is 4. The first-order chi connectivity index (χ1) is 10.8. The average Bonchev–Trinajstić information content (AvgIpc) is 2.53. The molecule has 2 N–H and O–H groups in total. The molecule has 1 heterocycles. The van der Waals surface area contributed by atoms with Crippen molar-refractivity contribution in [1.82, 2.24) is 4.90 Å². The van der Waals surface area contributed by atoms with E-state index in [1.54, 1.807) is 20.8 Å². The molecule has 2 saturated carbocycles. The van der Waals surface area contributed by atoms with Crippen molar-refractivity contribution in [2.45, 2.75) is 63.9 Å². The molecule has 1 aliphatic heterocycles. The largest absolute Gasteiger partial charge is 0.458 e. The molecule has 5 atom stereocenters. The summed E-state index contributed by atoms with van der Waals surface area (Å²) >= 11 is 0. The van der Waals surface area contributed by atoms with Gasteiger partial charge in [0.2, 0.25) is 5.91 Å². The van der Waals surface area contributed by atoms with Crippen LogP contribution in [0.15, 0.2) is 0 Å². The maximum Gasteiger partial charge on any atom is 0.397 e. The number of rotatable bonds is 2. The van der Waals surface area contributed by atoms with E-state index < -0.39 is 47.6 Å². The van der Waals surface area contributed by atoms with Crippen LogP contribution >= 0.6 is 0 Å². The van der Waals surface area contributed by atoms with E-state index in [0.29, 0.717) is 6.42 Å². The number of carbonyl (C=O) groups is 2. The van der Waals surface area contributed by atoms with E-state index in [-0.39, 0.29) is 18.4 Å². The zero-order chi connectivity index (χ0) is 18.1. The topological polar surface area (TPSA) is 72.6 Å². The fourth-order valence-electron chi connectivity index (χ4n) is 4.44. The number of esters is 1. The third-order valence-electron chi connectivity index (χ3n) is 5.51. The van der Waals surface area contributed by atoms with Gasteiger partial charge in [-0.3, -0.25) is 9.59 Å². The molecule has 0 aromatic rings. The molecule has 0 spiro atoms. The lowest BCUT2D eigenvalue weighted by molar-refractivity contribution is -0.199. The smallest absolute Gasteiger partial charge is 0.397 e. The maximum absolute atomic E-state index is 12.6. The van der Waals surface area contributed by atoms with Crippen molar-refractivity contribution >= 4 is 11.9 Å². The molecule has 2 aliphatic carbocycles. The molecule has 3 fully saturated rings. The third-order valence-corrected chi connectivity index (χ3v) is 5.51. The first-order valence-electron chi connectivity index (χ1n) is 8.19. The van der Waals surface area contributed by atoms with Crippen LogP contribution in [-0.4, -0.2) is 47.2 Å². The summed E-state index contributed by atoms with van der Waals surface area (Å²) in [5.74, 6) is -1.42. The molecule has 0 aromatic heterocycles. The number of likely N-dealkylation sites (tertiary alicyclic amines) is 1. The minimum Gasteiger partial charge on any atom is -0.458 e. The van der Waals surface area contributed by atoms with Gasteiger partial charge < -0.3 is 15.4 Å². The van der Waals surface area contributed by atoms with Gasteiger partial charge in [0.15, 0.2) is 0 Å². The van der Waals surface area contributed by atoms with Gasteiger partial charge in [0.1, 0.15) is 12.5 Å². The summed E-state index contributed by atoms with van der Waals surface area (Å²) in [6.07, 6.45) is -5.40. The highest BCUT2D eigenvalue weighted by molar-refractivity contribution is 5.79. The number of piperidine rings is 1. The number of hydrogen-bond donors (Lipinski definition) is 1. The van der Waals surface area contributed by atoms with E-state index in [9.17, 15) is 22.8 Å². The van der Waals surface area contributed by atoms with Gasteiger partial charge in [0.25, 0.3) is 0 Å². The number of carbonyl (C=O) groups excluding carboxylic acids is 2. The van der Waals surface area contributed by atoms with E-state index >= 15 is 0 Å². The second-order valence-corrected chi connectivity index (χ2v) is 8.43. The lowest BCUT2D eigenvalue weighted by atomic mass is 9.61. The summed E-state index contributed by atoms with van der Waals surface area (Å²) in [6, 6.07) is -0.532.